The molecule has 1 saturated carbocycles. The van der Waals surface area contributed by atoms with Gasteiger partial charge in [-0.1, -0.05) is 22.9 Å². The Bertz CT molecular complexity index is 679. The summed E-state index contributed by atoms with van der Waals surface area (Å²) >= 11 is 3.54. The third kappa shape index (κ3) is 2.76. The molecule has 6 heteroatoms. The van der Waals surface area contributed by atoms with Gasteiger partial charge in [-0.15, -0.1) is 0 Å². The van der Waals surface area contributed by atoms with Crippen LogP contribution in [0.1, 0.15) is 25.6 Å². The fourth-order valence-electron chi connectivity index (χ4n) is 2.50. The highest BCUT2D eigenvalue weighted by Gasteiger charge is 2.24. The summed E-state index contributed by atoms with van der Waals surface area (Å²) in [6.45, 7) is 3.18. The van der Waals surface area contributed by atoms with Crippen molar-refractivity contribution in [1.29, 1.82) is 0 Å². The fraction of sp³-hybridized carbons (Fsp3) is 0.500. The highest BCUT2D eigenvalue weighted by Crippen LogP contribution is 2.35. The summed E-state index contributed by atoms with van der Waals surface area (Å²) in [6.07, 6.45) is 5.18. The van der Waals surface area contributed by atoms with E-state index in [1.165, 1.54) is 12.8 Å². The zero-order chi connectivity index (χ0) is 14.3. The summed E-state index contributed by atoms with van der Waals surface area (Å²) in [5.74, 6) is 1.91. The molecule has 4 nitrogen and oxygen atoms in total. The van der Waals surface area contributed by atoms with Crippen LogP contribution in [0.5, 0.6) is 0 Å². The monoisotopic (exact) mass is 355 g/mol. The van der Waals surface area contributed by atoms with Crippen LogP contribution in [0.3, 0.4) is 0 Å². The average Bonchev–Trinajstić information content (AvgIpc) is 3.12. The van der Waals surface area contributed by atoms with E-state index in [1.54, 1.807) is 6.26 Å². The van der Waals surface area contributed by atoms with E-state index in [-0.39, 0.29) is 0 Å². The van der Waals surface area contributed by atoms with Gasteiger partial charge in [0.25, 0.3) is 0 Å². The number of hydrogen-bond donors (Lipinski definition) is 1. The molecule has 1 fully saturated rings. The first-order chi connectivity index (χ1) is 9.58. The Hall–Kier alpha value is -0.880. The Kier molecular flexibility index (Phi) is 3.86. The van der Waals surface area contributed by atoms with Crippen molar-refractivity contribution in [3.05, 3.63) is 22.4 Å². The largest absolute Gasteiger partial charge is 0.328 e. The third-order valence-electron chi connectivity index (χ3n) is 3.61. The van der Waals surface area contributed by atoms with Crippen molar-refractivity contribution in [2.45, 2.75) is 32.7 Å². The molecular weight excluding hydrogens is 338 g/mol. The molecule has 1 unspecified atom stereocenters. The number of imidazole rings is 1. The predicted molar refractivity (Wildman–Crippen MR) is 87.2 cm³/mol. The second-order valence-corrected chi connectivity index (χ2v) is 7.34. The zero-order valence-corrected chi connectivity index (χ0v) is 14.1. The molecule has 3 rings (SSSR count). The Balaban J connectivity index is 2.16. The topological polar surface area (TPSA) is 46.9 Å². The van der Waals surface area contributed by atoms with E-state index >= 15 is 0 Å². The van der Waals surface area contributed by atoms with E-state index < -0.39 is 11.0 Å². The van der Waals surface area contributed by atoms with E-state index in [1.807, 2.05) is 6.07 Å². The SMILES string of the molecule is CCc1nc2c(NS(C)=O)cc(Br)cc2n1CC1CC1. The smallest absolute Gasteiger partial charge is 0.114 e. The first-order valence-corrected chi connectivity index (χ1v) is 9.22. The average molecular weight is 356 g/mol. The van der Waals surface area contributed by atoms with Crippen LogP contribution in [0, 0.1) is 5.92 Å². The molecule has 0 radical (unpaired) electrons. The van der Waals surface area contributed by atoms with Crippen molar-refractivity contribution in [2.24, 2.45) is 5.92 Å². The van der Waals surface area contributed by atoms with Gasteiger partial charge in [0.05, 0.1) is 11.2 Å². The van der Waals surface area contributed by atoms with Crippen LogP contribution in [0.4, 0.5) is 5.69 Å². The van der Waals surface area contributed by atoms with Crippen LogP contribution in [-0.4, -0.2) is 20.0 Å². The van der Waals surface area contributed by atoms with E-state index in [0.29, 0.717) is 0 Å². The third-order valence-corrected chi connectivity index (χ3v) is 4.57. The summed E-state index contributed by atoms with van der Waals surface area (Å²) in [6, 6.07) is 4.05. The molecule has 108 valence electrons. The van der Waals surface area contributed by atoms with Crippen LogP contribution in [-0.2, 0) is 24.0 Å². The fourth-order valence-corrected chi connectivity index (χ4v) is 3.41. The molecule has 1 atom stereocenters. The van der Waals surface area contributed by atoms with Crippen molar-refractivity contribution in [1.82, 2.24) is 9.55 Å². The van der Waals surface area contributed by atoms with Gasteiger partial charge in [-0.25, -0.2) is 9.19 Å². The van der Waals surface area contributed by atoms with Crippen LogP contribution >= 0.6 is 15.9 Å². The Morgan fingerprint density at radius 2 is 2.25 bits per heavy atom. The number of halogens is 1. The Morgan fingerprint density at radius 3 is 2.85 bits per heavy atom. The van der Waals surface area contributed by atoms with Gasteiger partial charge in [0, 0.05) is 23.7 Å². The van der Waals surface area contributed by atoms with E-state index in [0.717, 1.165) is 45.9 Å². The van der Waals surface area contributed by atoms with E-state index in [2.05, 4.69) is 38.2 Å². The molecule has 1 aromatic heterocycles. The van der Waals surface area contributed by atoms with Gasteiger partial charge in [0.2, 0.25) is 0 Å². The van der Waals surface area contributed by atoms with Crippen LogP contribution in [0.25, 0.3) is 11.0 Å². The normalized spacial score (nSPS) is 16.6. The number of rotatable bonds is 5. The summed E-state index contributed by atoms with van der Waals surface area (Å²) in [5, 5.41) is 0. The molecule has 1 aliphatic carbocycles. The van der Waals surface area contributed by atoms with Crippen LogP contribution in [0.15, 0.2) is 16.6 Å². The summed E-state index contributed by atoms with van der Waals surface area (Å²) < 4.78 is 17.8. The highest BCUT2D eigenvalue weighted by molar-refractivity contribution is 9.10. The minimum Gasteiger partial charge on any atom is -0.328 e. The lowest BCUT2D eigenvalue weighted by molar-refractivity contribution is 0.614. The molecular formula is C14H18BrN3OS. The van der Waals surface area contributed by atoms with Crippen LogP contribution in [0.2, 0.25) is 0 Å². The van der Waals surface area contributed by atoms with Crippen molar-refractivity contribution in [2.75, 3.05) is 11.0 Å². The van der Waals surface area contributed by atoms with Gasteiger partial charge in [-0.05, 0) is 30.9 Å². The number of benzene rings is 1. The minimum atomic E-state index is -1.10. The molecule has 1 N–H and O–H groups in total. The van der Waals surface area contributed by atoms with E-state index in [9.17, 15) is 4.21 Å². The van der Waals surface area contributed by atoms with Gasteiger partial charge < -0.3 is 9.29 Å². The lowest BCUT2D eigenvalue weighted by Gasteiger charge is -2.08. The molecule has 0 bridgehead atoms. The summed E-state index contributed by atoms with van der Waals surface area (Å²) in [5.41, 5.74) is 2.87. The van der Waals surface area contributed by atoms with Gasteiger partial charge >= 0.3 is 0 Å². The van der Waals surface area contributed by atoms with Gasteiger partial charge in [0.1, 0.15) is 22.3 Å². The van der Waals surface area contributed by atoms with Crippen molar-refractivity contribution < 1.29 is 4.21 Å². The quantitative estimate of drug-likeness (QED) is 0.892. The first-order valence-electron chi connectivity index (χ1n) is 6.87. The Labute approximate surface area is 129 Å². The first kappa shape index (κ1) is 14.1. The minimum absolute atomic E-state index is 0.799. The number of anilines is 1. The second kappa shape index (κ2) is 5.48. The van der Waals surface area contributed by atoms with Crippen molar-refractivity contribution in [3.63, 3.8) is 0 Å². The number of aryl methyl sites for hydroxylation is 1. The highest BCUT2D eigenvalue weighted by atomic mass is 79.9. The summed E-state index contributed by atoms with van der Waals surface area (Å²) in [7, 11) is -1.10. The molecule has 0 amide bonds. The van der Waals surface area contributed by atoms with Crippen LogP contribution < -0.4 is 4.72 Å². The molecule has 0 saturated heterocycles. The molecule has 1 heterocycles. The molecule has 1 aliphatic rings. The maximum atomic E-state index is 11.5. The van der Waals surface area contributed by atoms with E-state index in [4.69, 9.17) is 4.98 Å². The predicted octanol–water partition coefficient (Wildman–Crippen LogP) is 3.48. The van der Waals surface area contributed by atoms with Gasteiger partial charge in [-0.2, -0.15) is 0 Å². The lowest BCUT2D eigenvalue weighted by Crippen LogP contribution is -2.04. The second-order valence-electron chi connectivity index (χ2n) is 5.31. The maximum Gasteiger partial charge on any atom is 0.114 e. The molecule has 20 heavy (non-hydrogen) atoms. The number of nitrogens with zero attached hydrogens (tertiary/aromatic N) is 2. The Morgan fingerprint density at radius 1 is 1.50 bits per heavy atom. The summed E-state index contributed by atoms with van der Waals surface area (Å²) in [4.78, 5) is 4.75. The standard InChI is InChI=1S/C14H18BrN3OS/c1-3-13-16-14-11(17-20(2)19)6-10(15)7-12(14)18(13)8-9-4-5-9/h6-7,9,17H,3-5,8H2,1-2H3. The number of fused-ring (bicyclic) bond motifs is 1. The molecule has 1 aromatic carbocycles. The van der Waals surface area contributed by atoms with Gasteiger partial charge in [0.15, 0.2) is 0 Å². The molecule has 0 aliphatic heterocycles. The van der Waals surface area contributed by atoms with Crippen molar-refractivity contribution >= 4 is 43.6 Å². The number of hydrogen-bond acceptors (Lipinski definition) is 2. The molecule has 0 spiro atoms. The number of aromatic nitrogens is 2. The van der Waals surface area contributed by atoms with Crippen molar-refractivity contribution in [3.8, 4) is 0 Å². The van der Waals surface area contributed by atoms with Gasteiger partial charge in [-0.3, -0.25) is 0 Å². The number of nitrogens with one attached hydrogen (secondary N) is 1. The lowest BCUT2D eigenvalue weighted by atomic mass is 10.2. The molecule has 2 aromatic rings. The maximum absolute atomic E-state index is 11.5. The zero-order valence-electron chi connectivity index (χ0n) is 11.6.